The van der Waals surface area contributed by atoms with Crippen LogP contribution in [0.1, 0.15) is 11.1 Å². The molecule has 0 atom stereocenters. The van der Waals surface area contributed by atoms with Gasteiger partial charge >= 0.3 is 0 Å². The molecule has 1 aromatic rings. The van der Waals surface area contributed by atoms with E-state index in [2.05, 4.69) is 4.99 Å². The lowest BCUT2D eigenvalue weighted by Crippen LogP contribution is -2.05. The summed E-state index contributed by atoms with van der Waals surface area (Å²) in [6.07, 6.45) is 2.78. The van der Waals surface area contributed by atoms with Crippen LogP contribution < -0.4 is 14.2 Å². The van der Waals surface area contributed by atoms with E-state index in [1.807, 2.05) is 12.3 Å². The Hall–Kier alpha value is -1.71. The third-order valence-electron chi connectivity index (χ3n) is 2.68. The van der Waals surface area contributed by atoms with Gasteiger partial charge in [-0.25, -0.2) is 0 Å². The molecule has 2 aliphatic rings. The number of fused-ring (bicyclic) bond motifs is 2. The molecule has 15 heavy (non-hydrogen) atoms. The summed E-state index contributed by atoms with van der Waals surface area (Å²) in [6, 6.07) is 2.02. The Labute approximate surface area is 87.5 Å². The van der Waals surface area contributed by atoms with Gasteiger partial charge in [-0.15, -0.1) is 0 Å². The largest absolute Gasteiger partial charge is 0.492 e. The van der Waals surface area contributed by atoms with Crippen molar-refractivity contribution in [3.63, 3.8) is 0 Å². The molecule has 2 heterocycles. The van der Waals surface area contributed by atoms with Crippen molar-refractivity contribution in [2.75, 3.05) is 20.4 Å². The number of hydrogen-bond donors (Lipinski definition) is 0. The lowest BCUT2D eigenvalue weighted by Gasteiger charge is -2.15. The number of aliphatic imine (C=N–C) groups is 1. The van der Waals surface area contributed by atoms with Crippen LogP contribution >= 0.6 is 0 Å². The quantitative estimate of drug-likeness (QED) is 0.695. The fourth-order valence-corrected chi connectivity index (χ4v) is 1.97. The average Bonchev–Trinajstić information content (AvgIpc) is 2.73. The van der Waals surface area contributed by atoms with Gasteiger partial charge in [0.15, 0.2) is 11.5 Å². The van der Waals surface area contributed by atoms with Gasteiger partial charge in [-0.05, 0) is 18.1 Å². The zero-order chi connectivity index (χ0) is 10.3. The van der Waals surface area contributed by atoms with Crippen LogP contribution in [0.2, 0.25) is 0 Å². The van der Waals surface area contributed by atoms with Crippen molar-refractivity contribution in [1.82, 2.24) is 0 Å². The van der Waals surface area contributed by atoms with E-state index >= 15 is 0 Å². The van der Waals surface area contributed by atoms with Gasteiger partial charge in [-0.3, -0.25) is 4.99 Å². The Morgan fingerprint density at radius 1 is 1.40 bits per heavy atom. The molecule has 2 aliphatic heterocycles. The fourth-order valence-electron chi connectivity index (χ4n) is 1.97. The Bertz CT molecular complexity index is 440. The highest BCUT2D eigenvalue weighted by atomic mass is 16.7. The summed E-state index contributed by atoms with van der Waals surface area (Å²) in [5.41, 5.74) is 2.24. The minimum Gasteiger partial charge on any atom is -0.492 e. The number of methoxy groups -OCH3 is 1. The molecule has 78 valence electrons. The zero-order valence-corrected chi connectivity index (χ0v) is 8.45. The third-order valence-corrected chi connectivity index (χ3v) is 2.68. The van der Waals surface area contributed by atoms with Crippen molar-refractivity contribution < 1.29 is 14.2 Å². The lowest BCUT2D eigenvalue weighted by molar-refractivity contribution is 0.171. The highest BCUT2D eigenvalue weighted by Gasteiger charge is 2.25. The minimum atomic E-state index is 0.270. The number of nitrogens with zero attached hydrogens (tertiary/aromatic N) is 1. The first kappa shape index (κ1) is 8.59. The van der Waals surface area contributed by atoms with Gasteiger partial charge in [-0.1, -0.05) is 0 Å². The van der Waals surface area contributed by atoms with Crippen LogP contribution in [0, 0.1) is 0 Å². The highest BCUT2D eigenvalue weighted by Crippen LogP contribution is 2.44. The van der Waals surface area contributed by atoms with E-state index < -0.39 is 0 Å². The maximum Gasteiger partial charge on any atom is 0.231 e. The highest BCUT2D eigenvalue weighted by molar-refractivity contribution is 5.89. The first-order valence-electron chi connectivity index (χ1n) is 4.89. The van der Waals surface area contributed by atoms with Gasteiger partial charge in [0.25, 0.3) is 0 Å². The predicted octanol–water partition coefficient (Wildman–Crippen LogP) is 1.40. The van der Waals surface area contributed by atoms with Crippen molar-refractivity contribution in [1.29, 1.82) is 0 Å². The normalized spacial score (nSPS) is 16.3. The number of ether oxygens (including phenoxy) is 3. The molecule has 0 aromatic heterocycles. The molecule has 0 unspecified atom stereocenters. The number of hydrogen-bond acceptors (Lipinski definition) is 4. The molecular formula is C11H11NO3. The van der Waals surface area contributed by atoms with Gasteiger partial charge in [0, 0.05) is 18.3 Å². The second kappa shape index (κ2) is 3.15. The Morgan fingerprint density at radius 3 is 3.20 bits per heavy atom. The molecule has 3 rings (SSSR count). The maximum absolute atomic E-state index is 5.38. The molecule has 0 bridgehead atoms. The minimum absolute atomic E-state index is 0.270. The van der Waals surface area contributed by atoms with E-state index in [1.54, 1.807) is 7.11 Å². The molecule has 0 amide bonds. The monoisotopic (exact) mass is 205 g/mol. The van der Waals surface area contributed by atoms with Crippen LogP contribution in [-0.2, 0) is 6.42 Å². The zero-order valence-electron chi connectivity index (χ0n) is 8.45. The molecule has 4 heteroatoms. The van der Waals surface area contributed by atoms with Gasteiger partial charge in [-0.2, -0.15) is 0 Å². The summed E-state index contributed by atoms with van der Waals surface area (Å²) < 4.78 is 16.1. The molecule has 1 aromatic carbocycles. The van der Waals surface area contributed by atoms with Crippen LogP contribution in [0.3, 0.4) is 0 Å². The topological polar surface area (TPSA) is 40.0 Å². The predicted molar refractivity (Wildman–Crippen MR) is 55.3 cm³/mol. The van der Waals surface area contributed by atoms with Gasteiger partial charge in [0.05, 0.1) is 7.11 Å². The molecule has 0 saturated heterocycles. The van der Waals surface area contributed by atoms with Crippen LogP contribution in [0.15, 0.2) is 11.1 Å². The van der Waals surface area contributed by atoms with Crippen LogP contribution in [-0.4, -0.2) is 26.7 Å². The molecule has 0 radical (unpaired) electrons. The first-order valence-corrected chi connectivity index (χ1v) is 4.89. The Morgan fingerprint density at radius 2 is 2.33 bits per heavy atom. The van der Waals surface area contributed by atoms with Gasteiger partial charge in [0.1, 0.15) is 0 Å². The third kappa shape index (κ3) is 1.17. The molecule has 4 nitrogen and oxygen atoms in total. The first-order chi connectivity index (χ1) is 7.40. The molecule has 0 saturated carbocycles. The number of rotatable bonds is 1. The molecule has 0 fully saturated rings. The van der Waals surface area contributed by atoms with E-state index in [0.29, 0.717) is 5.75 Å². The van der Waals surface area contributed by atoms with Crippen LogP contribution in [0.5, 0.6) is 17.2 Å². The van der Waals surface area contributed by atoms with Crippen molar-refractivity contribution in [3.05, 3.63) is 17.2 Å². The summed E-state index contributed by atoms with van der Waals surface area (Å²) in [5, 5.41) is 0. The van der Waals surface area contributed by atoms with Gasteiger partial charge < -0.3 is 14.2 Å². The summed E-state index contributed by atoms with van der Waals surface area (Å²) in [7, 11) is 1.64. The molecule has 0 spiro atoms. The van der Waals surface area contributed by atoms with E-state index in [9.17, 15) is 0 Å². The van der Waals surface area contributed by atoms with Crippen molar-refractivity contribution in [2.45, 2.75) is 6.42 Å². The van der Waals surface area contributed by atoms with Gasteiger partial charge in [0.2, 0.25) is 12.5 Å². The second-order valence-electron chi connectivity index (χ2n) is 3.50. The summed E-state index contributed by atoms with van der Waals surface area (Å²) in [6.45, 7) is 1.10. The average molecular weight is 205 g/mol. The Balaban J connectivity index is 2.25. The van der Waals surface area contributed by atoms with E-state index in [-0.39, 0.29) is 6.79 Å². The molecule has 0 aliphatic carbocycles. The summed E-state index contributed by atoms with van der Waals surface area (Å²) in [4.78, 5) is 4.25. The second-order valence-corrected chi connectivity index (χ2v) is 3.50. The maximum atomic E-state index is 5.38. The smallest absolute Gasteiger partial charge is 0.231 e. The lowest BCUT2D eigenvalue weighted by atomic mass is 10.0. The number of benzene rings is 1. The fraction of sp³-hybridized carbons (Fsp3) is 0.364. The van der Waals surface area contributed by atoms with Crippen LogP contribution in [0.4, 0.5) is 0 Å². The molecular weight excluding hydrogens is 194 g/mol. The Kier molecular flexibility index (Phi) is 1.80. The standard InChI is InChI=1S/C11H11NO3/c1-13-10-8-5-12-3-2-7(8)4-9-11(10)15-6-14-9/h4-5H,2-3,6H2,1H3. The SMILES string of the molecule is COc1c2c(cc3c1OCO3)CCN=C2. The van der Waals surface area contributed by atoms with Crippen molar-refractivity contribution in [2.24, 2.45) is 4.99 Å². The van der Waals surface area contributed by atoms with Crippen molar-refractivity contribution in [3.8, 4) is 17.2 Å². The van der Waals surface area contributed by atoms with Crippen LogP contribution in [0.25, 0.3) is 0 Å². The van der Waals surface area contributed by atoms with E-state index in [4.69, 9.17) is 14.2 Å². The van der Waals surface area contributed by atoms with E-state index in [1.165, 1.54) is 5.56 Å². The molecule has 0 N–H and O–H groups in total. The summed E-state index contributed by atoms with van der Waals surface area (Å²) >= 11 is 0. The van der Waals surface area contributed by atoms with Crippen molar-refractivity contribution >= 4 is 6.21 Å². The van der Waals surface area contributed by atoms with E-state index in [0.717, 1.165) is 30.0 Å². The summed E-state index contributed by atoms with van der Waals surface area (Å²) in [5.74, 6) is 2.22.